The zero-order valence-electron chi connectivity index (χ0n) is 14.4. The van der Waals surface area contributed by atoms with Gasteiger partial charge in [-0.2, -0.15) is 5.10 Å². The predicted molar refractivity (Wildman–Crippen MR) is 97.8 cm³/mol. The van der Waals surface area contributed by atoms with Crippen molar-refractivity contribution in [3.63, 3.8) is 0 Å². The molecule has 1 aliphatic rings. The molecule has 0 aromatic heterocycles. The van der Waals surface area contributed by atoms with Gasteiger partial charge in [0.05, 0.1) is 37.3 Å². The maximum atomic E-state index is 10.7. The Kier molecular flexibility index (Phi) is 5.40. The first-order chi connectivity index (χ1) is 12.1. The highest BCUT2D eigenvalue weighted by atomic mass is 16.6. The minimum Gasteiger partial charge on any atom is -0.328 e. The average molecular weight is 339 g/mol. The smallest absolute Gasteiger partial charge is 0.269 e. The summed E-state index contributed by atoms with van der Waals surface area (Å²) in [6.07, 6.45) is 1.77. The lowest BCUT2D eigenvalue weighted by Gasteiger charge is -2.30. The molecule has 2 aromatic carbocycles. The van der Waals surface area contributed by atoms with Crippen LogP contribution in [-0.4, -0.2) is 42.3 Å². The van der Waals surface area contributed by atoms with Gasteiger partial charge in [0.25, 0.3) is 5.69 Å². The van der Waals surface area contributed by atoms with E-state index in [2.05, 4.69) is 41.3 Å². The SMILES string of the molecule is Cc1ccc(C[NH+]2CCN(/N=C/c3ccc([N+](=O)[O-])cc3)CC2)cc1. The van der Waals surface area contributed by atoms with Crippen LogP contribution < -0.4 is 4.90 Å². The van der Waals surface area contributed by atoms with Gasteiger partial charge in [0.15, 0.2) is 0 Å². The van der Waals surface area contributed by atoms with Crippen LogP contribution in [0.4, 0.5) is 5.69 Å². The summed E-state index contributed by atoms with van der Waals surface area (Å²) in [6.45, 7) is 7.13. The van der Waals surface area contributed by atoms with Gasteiger partial charge in [0, 0.05) is 17.7 Å². The summed E-state index contributed by atoms with van der Waals surface area (Å²) in [7, 11) is 0. The molecule has 6 nitrogen and oxygen atoms in total. The van der Waals surface area contributed by atoms with Crippen LogP contribution in [0.2, 0.25) is 0 Å². The molecule has 1 heterocycles. The van der Waals surface area contributed by atoms with E-state index in [1.54, 1.807) is 23.2 Å². The van der Waals surface area contributed by atoms with E-state index in [9.17, 15) is 10.1 Å². The second-order valence-electron chi connectivity index (χ2n) is 6.46. The molecule has 0 aliphatic carbocycles. The standard InChI is InChI=1S/C19H22N4O2/c1-16-2-4-18(5-3-16)15-21-10-12-22(13-11-21)20-14-17-6-8-19(9-7-17)23(24)25/h2-9,14H,10-13,15H2,1H3/p+1/b20-14+. The molecular weight excluding hydrogens is 316 g/mol. The van der Waals surface area contributed by atoms with E-state index in [4.69, 9.17) is 0 Å². The molecule has 0 atom stereocenters. The average Bonchev–Trinajstić information content (AvgIpc) is 2.63. The first-order valence-corrected chi connectivity index (χ1v) is 8.53. The molecule has 2 aromatic rings. The fraction of sp³-hybridized carbons (Fsp3) is 0.316. The summed E-state index contributed by atoms with van der Waals surface area (Å²) < 4.78 is 0. The zero-order chi connectivity index (χ0) is 17.6. The van der Waals surface area contributed by atoms with E-state index in [0.29, 0.717) is 0 Å². The van der Waals surface area contributed by atoms with Crippen LogP contribution in [-0.2, 0) is 6.54 Å². The molecule has 1 saturated heterocycles. The van der Waals surface area contributed by atoms with Crippen LogP contribution in [0.1, 0.15) is 16.7 Å². The number of benzene rings is 2. The normalized spacial score (nSPS) is 15.6. The van der Waals surface area contributed by atoms with E-state index in [1.807, 2.05) is 0 Å². The monoisotopic (exact) mass is 339 g/mol. The third-order valence-electron chi connectivity index (χ3n) is 4.50. The molecule has 1 aliphatic heterocycles. The molecule has 0 spiro atoms. The first-order valence-electron chi connectivity index (χ1n) is 8.53. The number of nitro groups is 1. The Labute approximate surface area is 147 Å². The molecule has 25 heavy (non-hydrogen) atoms. The number of piperazine rings is 1. The molecule has 0 radical (unpaired) electrons. The number of hydrazone groups is 1. The number of nitrogens with one attached hydrogen (secondary N) is 1. The summed E-state index contributed by atoms with van der Waals surface area (Å²) >= 11 is 0. The van der Waals surface area contributed by atoms with Crippen molar-refractivity contribution in [2.45, 2.75) is 13.5 Å². The molecule has 0 bridgehead atoms. The lowest BCUT2D eigenvalue weighted by molar-refractivity contribution is -0.918. The largest absolute Gasteiger partial charge is 0.328 e. The molecule has 1 fully saturated rings. The second-order valence-corrected chi connectivity index (χ2v) is 6.46. The number of aryl methyl sites for hydroxylation is 1. The van der Waals surface area contributed by atoms with E-state index in [-0.39, 0.29) is 5.69 Å². The highest BCUT2D eigenvalue weighted by molar-refractivity contribution is 5.79. The van der Waals surface area contributed by atoms with Crippen molar-refractivity contribution in [3.8, 4) is 0 Å². The minimum absolute atomic E-state index is 0.102. The minimum atomic E-state index is -0.392. The fourth-order valence-corrected chi connectivity index (χ4v) is 2.93. The number of quaternary nitrogens is 1. The lowest BCUT2D eigenvalue weighted by Crippen LogP contribution is -3.13. The van der Waals surface area contributed by atoms with Crippen LogP contribution in [0.3, 0.4) is 0 Å². The van der Waals surface area contributed by atoms with Gasteiger partial charge in [-0.25, -0.2) is 0 Å². The topological polar surface area (TPSA) is 63.2 Å². The molecule has 130 valence electrons. The van der Waals surface area contributed by atoms with E-state index in [1.165, 1.54) is 23.3 Å². The van der Waals surface area contributed by atoms with Crippen molar-refractivity contribution in [1.29, 1.82) is 0 Å². The summed E-state index contributed by atoms with van der Waals surface area (Å²) in [5, 5.41) is 17.2. The maximum absolute atomic E-state index is 10.7. The zero-order valence-corrected chi connectivity index (χ0v) is 14.4. The van der Waals surface area contributed by atoms with Crippen molar-refractivity contribution in [2.75, 3.05) is 26.2 Å². The van der Waals surface area contributed by atoms with Crippen LogP contribution in [0.5, 0.6) is 0 Å². The Balaban J connectivity index is 1.48. The highest BCUT2D eigenvalue weighted by Crippen LogP contribution is 2.10. The van der Waals surface area contributed by atoms with E-state index < -0.39 is 4.92 Å². The lowest BCUT2D eigenvalue weighted by atomic mass is 10.1. The Morgan fingerprint density at radius 3 is 2.36 bits per heavy atom. The van der Waals surface area contributed by atoms with Crippen LogP contribution in [0, 0.1) is 17.0 Å². The van der Waals surface area contributed by atoms with Crippen molar-refractivity contribution < 1.29 is 9.82 Å². The number of hydrogen-bond acceptors (Lipinski definition) is 4. The maximum Gasteiger partial charge on any atom is 0.269 e. The molecule has 0 saturated carbocycles. The van der Waals surface area contributed by atoms with Crippen LogP contribution >= 0.6 is 0 Å². The Bertz CT molecular complexity index is 733. The van der Waals surface area contributed by atoms with Crippen LogP contribution in [0.15, 0.2) is 53.6 Å². The van der Waals surface area contributed by atoms with Gasteiger partial charge in [-0.1, -0.05) is 29.8 Å². The first kappa shape index (κ1) is 17.1. The van der Waals surface area contributed by atoms with Crippen molar-refractivity contribution in [3.05, 3.63) is 75.3 Å². The molecule has 0 amide bonds. The quantitative estimate of drug-likeness (QED) is 0.512. The molecule has 0 unspecified atom stereocenters. The summed E-state index contributed by atoms with van der Waals surface area (Å²) in [6, 6.07) is 15.2. The second kappa shape index (κ2) is 7.90. The molecule has 1 N–H and O–H groups in total. The van der Waals surface area contributed by atoms with Gasteiger partial charge in [-0.05, 0) is 24.6 Å². The van der Waals surface area contributed by atoms with Crippen molar-refractivity contribution >= 4 is 11.9 Å². The molecule has 3 rings (SSSR count). The van der Waals surface area contributed by atoms with Gasteiger partial charge in [0.2, 0.25) is 0 Å². The third kappa shape index (κ3) is 4.87. The van der Waals surface area contributed by atoms with Crippen molar-refractivity contribution in [2.24, 2.45) is 5.10 Å². The summed E-state index contributed by atoms with van der Waals surface area (Å²) in [5.74, 6) is 0. The number of hydrogen-bond donors (Lipinski definition) is 1. The van der Waals surface area contributed by atoms with Crippen molar-refractivity contribution in [1.82, 2.24) is 5.01 Å². The van der Waals surface area contributed by atoms with Crippen LogP contribution in [0.25, 0.3) is 0 Å². The summed E-state index contributed by atoms with van der Waals surface area (Å²) in [4.78, 5) is 11.8. The fourth-order valence-electron chi connectivity index (χ4n) is 2.93. The van der Waals surface area contributed by atoms with Gasteiger partial charge < -0.3 is 4.90 Å². The van der Waals surface area contributed by atoms with Gasteiger partial charge >= 0.3 is 0 Å². The Hall–Kier alpha value is -2.73. The van der Waals surface area contributed by atoms with E-state index >= 15 is 0 Å². The highest BCUT2D eigenvalue weighted by Gasteiger charge is 2.18. The number of nitro benzene ring substituents is 1. The Morgan fingerprint density at radius 2 is 1.76 bits per heavy atom. The van der Waals surface area contributed by atoms with Gasteiger partial charge in [0.1, 0.15) is 6.54 Å². The van der Waals surface area contributed by atoms with E-state index in [0.717, 1.165) is 38.3 Å². The predicted octanol–water partition coefficient (Wildman–Crippen LogP) is 1.64. The molecular formula is C19H23N4O2+. The molecule has 6 heteroatoms. The number of nitrogens with zero attached hydrogens (tertiary/aromatic N) is 3. The number of non-ortho nitro benzene ring substituents is 1. The van der Waals surface area contributed by atoms with Gasteiger partial charge in [-0.3, -0.25) is 15.1 Å². The third-order valence-corrected chi connectivity index (χ3v) is 4.50. The summed E-state index contributed by atoms with van der Waals surface area (Å²) in [5.41, 5.74) is 3.65. The number of rotatable bonds is 5. The van der Waals surface area contributed by atoms with Gasteiger partial charge in [-0.15, -0.1) is 0 Å². The Morgan fingerprint density at radius 1 is 1.12 bits per heavy atom.